The Bertz CT molecular complexity index is 494. The molecule has 0 spiro atoms. The highest BCUT2D eigenvalue weighted by Gasteiger charge is 2.44. The second kappa shape index (κ2) is 13.5. The minimum atomic E-state index is -1.56. The number of nitrogens with two attached hydrogens (primary N) is 2. The third-order valence-corrected chi connectivity index (χ3v) is 3.84. The van der Waals surface area contributed by atoms with Gasteiger partial charge < -0.3 is 51.6 Å². The van der Waals surface area contributed by atoms with Crippen LogP contribution in [0.3, 0.4) is 0 Å². The predicted molar refractivity (Wildman–Crippen MR) is 103 cm³/mol. The molecule has 9 N–H and O–H groups in total. The minimum Gasteiger partial charge on any atom is -0.387 e. The molecule has 12 nitrogen and oxygen atoms in total. The fourth-order valence-electron chi connectivity index (χ4n) is 2.35. The van der Waals surface area contributed by atoms with Gasteiger partial charge in [0.2, 0.25) is 0 Å². The van der Waals surface area contributed by atoms with Crippen LogP contribution in [0.15, 0.2) is 9.98 Å². The van der Waals surface area contributed by atoms with E-state index in [0.29, 0.717) is 13.1 Å². The highest BCUT2D eigenvalue weighted by atomic mass is 16.7. The molecule has 0 unspecified atom stereocenters. The van der Waals surface area contributed by atoms with Gasteiger partial charge in [0.1, 0.15) is 37.9 Å². The molecule has 0 saturated carbocycles. The second-order valence-electron chi connectivity index (χ2n) is 6.22. The van der Waals surface area contributed by atoms with Crippen LogP contribution in [0.4, 0.5) is 0 Å². The van der Waals surface area contributed by atoms with E-state index in [-0.39, 0.29) is 32.0 Å². The number of nitrogens with one attached hydrogen (secondary N) is 2. The van der Waals surface area contributed by atoms with E-state index >= 15 is 0 Å². The first kappa shape index (κ1) is 24.3. The zero-order valence-electron chi connectivity index (χ0n) is 16.5. The molecule has 1 heterocycles. The van der Waals surface area contributed by atoms with E-state index in [2.05, 4.69) is 20.6 Å². The first-order valence-electron chi connectivity index (χ1n) is 9.37. The largest absolute Gasteiger partial charge is 0.387 e. The number of rotatable bonds is 11. The van der Waals surface area contributed by atoms with E-state index in [9.17, 15) is 15.3 Å². The third kappa shape index (κ3) is 8.54. The molecule has 0 amide bonds. The van der Waals surface area contributed by atoms with Crippen LogP contribution in [-0.2, 0) is 14.2 Å². The SMILES string of the molecule is CCCN=C(N)NCOC[C@H]1O[C@H](O)[C@H](O)[C@@H](O)[C@@H]1OCNC(N)=NCCC. The fraction of sp³-hybridized carbons (Fsp3) is 0.875. The zero-order chi connectivity index (χ0) is 20.9. The maximum Gasteiger partial charge on any atom is 0.190 e. The first-order chi connectivity index (χ1) is 13.4. The zero-order valence-corrected chi connectivity index (χ0v) is 16.5. The minimum absolute atomic E-state index is 0.0288. The lowest BCUT2D eigenvalue weighted by Gasteiger charge is -2.40. The molecule has 1 rings (SSSR count). The quantitative estimate of drug-likeness (QED) is 0.0827. The van der Waals surface area contributed by atoms with E-state index in [1.54, 1.807) is 0 Å². The molecule has 0 aromatic carbocycles. The molecule has 1 aliphatic rings. The number of hydrogen-bond acceptors (Lipinski definition) is 8. The van der Waals surface area contributed by atoms with Gasteiger partial charge in [-0.25, -0.2) is 0 Å². The van der Waals surface area contributed by atoms with Crippen molar-refractivity contribution in [3.05, 3.63) is 0 Å². The monoisotopic (exact) mass is 406 g/mol. The van der Waals surface area contributed by atoms with Crippen LogP contribution in [0.2, 0.25) is 0 Å². The summed E-state index contributed by atoms with van der Waals surface area (Å²) in [7, 11) is 0. The Hall–Kier alpha value is -1.70. The van der Waals surface area contributed by atoms with Crippen molar-refractivity contribution in [2.45, 2.75) is 57.4 Å². The summed E-state index contributed by atoms with van der Waals surface area (Å²) >= 11 is 0. The molecule has 0 radical (unpaired) electrons. The summed E-state index contributed by atoms with van der Waals surface area (Å²) in [4.78, 5) is 8.11. The summed E-state index contributed by atoms with van der Waals surface area (Å²) in [5.41, 5.74) is 11.3. The Morgan fingerprint density at radius 3 is 2.11 bits per heavy atom. The maximum atomic E-state index is 10.2. The molecule has 0 aromatic heterocycles. The summed E-state index contributed by atoms with van der Waals surface area (Å²) in [5, 5.41) is 35.3. The van der Waals surface area contributed by atoms with Crippen molar-refractivity contribution in [2.24, 2.45) is 21.5 Å². The number of hydrogen-bond donors (Lipinski definition) is 7. The summed E-state index contributed by atoms with van der Waals surface area (Å²) in [6, 6.07) is 0. The number of aliphatic imine (C=N–C) groups is 2. The average molecular weight is 406 g/mol. The molecule has 0 bridgehead atoms. The molecule has 1 fully saturated rings. The maximum absolute atomic E-state index is 10.2. The van der Waals surface area contributed by atoms with Gasteiger partial charge in [-0.05, 0) is 12.8 Å². The van der Waals surface area contributed by atoms with Gasteiger partial charge >= 0.3 is 0 Å². The molecule has 12 heteroatoms. The van der Waals surface area contributed by atoms with Crippen molar-refractivity contribution in [1.29, 1.82) is 0 Å². The Morgan fingerprint density at radius 2 is 1.54 bits per heavy atom. The van der Waals surface area contributed by atoms with Gasteiger partial charge in [0.25, 0.3) is 0 Å². The van der Waals surface area contributed by atoms with Crippen LogP contribution in [0.25, 0.3) is 0 Å². The van der Waals surface area contributed by atoms with Gasteiger partial charge in [0.05, 0.1) is 6.61 Å². The van der Waals surface area contributed by atoms with Gasteiger partial charge in [-0.15, -0.1) is 0 Å². The molecule has 164 valence electrons. The Kier molecular flexibility index (Phi) is 11.7. The van der Waals surface area contributed by atoms with Gasteiger partial charge in [0, 0.05) is 13.1 Å². The molecule has 1 aliphatic heterocycles. The van der Waals surface area contributed by atoms with Gasteiger partial charge in [-0.1, -0.05) is 13.8 Å². The summed E-state index contributed by atoms with van der Waals surface area (Å²) < 4.78 is 16.3. The van der Waals surface area contributed by atoms with Crippen LogP contribution in [0.1, 0.15) is 26.7 Å². The molecular formula is C16H34N6O6. The van der Waals surface area contributed by atoms with Gasteiger partial charge in [0.15, 0.2) is 18.2 Å². The highest BCUT2D eigenvalue weighted by Crippen LogP contribution is 2.22. The Morgan fingerprint density at radius 1 is 0.964 bits per heavy atom. The second-order valence-corrected chi connectivity index (χ2v) is 6.22. The van der Waals surface area contributed by atoms with Gasteiger partial charge in [-0.2, -0.15) is 0 Å². The normalized spacial score (nSPS) is 29.0. The lowest BCUT2D eigenvalue weighted by molar-refractivity contribution is -0.296. The van der Waals surface area contributed by atoms with Gasteiger partial charge in [-0.3, -0.25) is 9.98 Å². The van der Waals surface area contributed by atoms with Crippen molar-refractivity contribution in [3.63, 3.8) is 0 Å². The van der Waals surface area contributed by atoms with E-state index in [0.717, 1.165) is 12.8 Å². The van der Waals surface area contributed by atoms with Crippen molar-refractivity contribution in [2.75, 3.05) is 33.2 Å². The van der Waals surface area contributed by atoms with Crippen LogP contribution < -0.4 is 22.1 Å². The topological polar surface area (TPSA) is 189 Å². The van der Waals surface area contributed by atoms with Crippen LogP contribution >= 0.6 is 0 Å². The molecule has 5 atom stereocenters. The van der Waals surface area contributed by atoms with Crippen molar-refractivity contribution >= 4 is 11.9 Å². The van der Waals surface area contributed by atoms with Crippen molar-refractivity contribution in [3.8, 4) is 0 Å². The molecule has 1 saturated heterocycles. The smallest absolute Gasteiger partial charge is 0.190 e. The summed E-state index contributed by atoms with van der Waals surface area (Å²) in [5.74, 6) is 0.452. The predicted octanol–water partition coefficient (Wildman–Crippen LogP) is -2.63. The van der Waals surface area contributed by atoms with Crippen LogP contribution in [0.5, 0.6) is 0 Å². The fourth-order valence-corrected chi connectivity index (χ4v) is 2.35. The third-order valence-electron chi connectivity index (χ3n) is 3.84. The first-order valence-corrected chi connectivity index (χ1v) is 9.37. The van der Waals surface area contributed by atoms with Crippen LogP contribution in [-0.4, -0.2) is 91.1 Å². The Labute approximate surface area is 165 Å². The van der Waals surface area contributed by atoms with E-state index < -0.39 is 30.7 Å². The number of aliphatic hydroxyl groups excluding tert-OH is 3. The van der Waals surface area contributed by atoms with E-state index in [1.165, 1.54) is 0 Å². The van der Waals surface area contributed by atoms with Crippen molar-refractivity contribution < 1.29 is 29.5 Å². The summed E-state index contributed by atoms with van der Waals surface area (Å²) in [6.45, 7) is 5.09. The van der Waals surface area contributed by atoms with Crippen molar-refractivity contribution in [1.82, 2.24) is 10.6 Å². The number of nitrogens with zero attached hydrogens (tertiary/aromatic N) is 2. The molecular weight excluding hydrogens is 372 g/mol. The van der Waals surface area contributed by atoms with E-state index in [4.69, 9.17) is 25.7 Å². The average Bonchev–Trinajstić information content (AvgIpc) is 2.68. The number of guanidine groups is 2. The molecule has 28 heavy (non-hydrogen) atoms. The van der Waals surface area contributed by atoms with Crippen LogP contribution in [0, 0.1) is 0 Å². The highest BCUT2D eigenvalue weighted by molar-refractivity contribution is 5.77. The Balaban J connectivity index is 2.52. The standard InChI is InChI=1S/C16H34N6O6/c1-3-5-19-15(17)21-8-26-7-10-13(11(23)12(24)14(25)28-10)27-9-22-16(18)20-6-4-2/h10-14,23-25H,3-9H2,1-2H3,(H3,17,19,21)(H3,18,20,22)/t10-,11-,12-,13-,14+/m1/s1. The van der Waals surface area contributed by atoms with E-state index in [1.807, 2.05) is 13.8 Å². The molecule has 0 aliphatic carbocycles. The molecule has 0 aromatic rings. The lowest BCUT2D eigenvalue weighted by Crippen LogP contribution is -2.60. The summed E-state index contributed by atoms with van der Waals surface area (Å²) in [6.07, 6.45) is -4.52. The lowest BCUT2D eigenvalue weighted by atomic mass is 9.99. The number of aliphatic hydroxyl groups is 3. The number of ether oxygens (including phenoxy) is 3.